The van der Waals surface area contributed by atoms with Crippen LogP contribution in [-0.2, 0) is 11.5 Å². The average molecular weight is 427 g/mol. The molecule has 0 aliphatic heterocycles. The molecule has 0 spiro atoms. The van der Waals surface area contributed by atoms with Gasteiger partial charge in [0, 0.05) is 14.7 Å². The van der Waals surface area contributed by atoms with Crippen LogP contribution >= 0.6 is 34.2 Å². The number of nitrogens with zero attached hydrogens (tertiary/aromatic N) is 2. The summed E-state index contributed by atoms with van der Waals surface area (Å²) < 4.78 is 21.7. The fourth-order valence-electron chi connectivity index (χ4n) is 1.75. The van der Waals surface area contributed by atoms with Crippen molar-refractivity contribution in [2.75, 3.05) is 6.61 Å². The lowest BCUT2D eigenvalue weighted by molar-refractivity contribution is 0.0817. The van der Waals surface area contributed by atoms with Crippen molar-refractivity contribution in [3.63, 3.8) is 0 Å². The van der Waals surface area contributed by atoms with Crippen molar-refractivity contribution in [1.82, 2.24) is 9.78 Å². The maximum Gasteiger partial charge on any atom is 0.149 e. The van der Waals surface area contributed by atoms with Crippen LogP contribution in [0.4, 0.5) is 4.39 Å². The van der Waals surface area contributed by atoms with E-state index < -0.39 is 8.07 Å². The molecule has 7 heteroatoms. The number of aromatic nitrogens is 2. The summed E-state index contributed by atoms with van der Waals surface area (Å²) in [7, 11) is -1.10. The van der Waals surface area contributed by atoms with E-state index in [1.165, 1.54) is 6.20 Å². The number of hydrogen-bond acceptors (Lipinski definition) is 2. The third-order valence-electron chi connectivity index (χ3n) is 2.99. The first kappa shape index (κ1) is 16.2. The summed E-state index contributed by atoms with van der Waals surface area (Å²) >= 11 is 7.92. The van der Waals surface area contributed by atoms with Gasteiger partial charge in [-0.15, -0.1) is 0 Å². The molecule has 0 N–H and O–H groups in total. The van der Waals surface area contributed by atoms with E-state index in [0.29, 0.717) is 32.8 Å². The predicted molar refractivity (Wildman–Crippen MR) is 91.5 cm³/mol. The van der Waals surface area contributed by atoms with Crippen LogP contribution in [-0.4, -0.2) is 24.5 Å². The molecular formula is C13H17ClFIN2OSi. The number of ether oxygens (including phenoxy) is 1. The lowest BCUT2D eigenvalue weighted by Gasteiger charge is -2.15. The van der Waals surface area contributed by atoms with Crippen LogP contribution in [0.5, 0.6) is 0 Å². The van der Waals surface area contributed by atoms with E-state index in [4.69, 9.17) is 16.3 Å². The normalized spacial score (nSPS) is 12.3. The highest BCUT2D eigenvalue weighted by atomic mass is 127. The van der Waals surface area contributed by atoms with E-state index in [1.54, 1.807) is 10.7 Å². The van der Waals surface area contributed by atoms with Crippen LogP contribution in [0.15, 0.2) is 12.3 Å². The standard InChI is InChI=1S/C13H17ClFIN2OSi/c1-20(2,3)5-4-19-8-18-11-6-10(14)13(16)12(15)9(11)7-17-18/h6-7H,4-5,8H2,1-3H3. The van der Waals surface area contributed by atoms with Crippen LogP contribution < -0.4 is 0 Å². The van der Waals surface area contributed by atoms with E-state index in [2.05, 4.69) is 24.7 Å². The molecule has 0 saturated heterocycles. The molecule has 0 fully saturated rings. The highest BCUT2D eigenvalue weighted by Crippen LogP contribution is 2.29. The number of halogens is 3. The van der Waals surface area contributed by atoms with Crippen LogP contribution in [0.3, 0.4) is 0 Å². The first-order chi connectivity index (χ1) is 9.29. The fraction of sp³-hybridized carbons (Fsp3) is 0.462. The van der Waals surface area contributed by atoms with E-state index in [9.17, 15) is 4.39 Å². The highest BCUT2D eigenvalue weighted by molar-refractivity contribution is 14.1. The smallest absolute Gasteiger partial charge is 0.149 e. The lowest BCUT2D eigenvalue weighted by atomic mass is 10.2. The third kappa shape index (κ3) is 3.72. The van der Waals surface area contributed by atoms with E-state index in [1.807, 2.05) is 22.6 Å². The van der Waals surface area contributed by atoms with Crippen LogP contribution in [0.1, 0.15) is 0 Å². The van der Waals surface area contributed by atoms with Gasteiger partial charge >= 0.3 is 0 Å². The molecule has 0 radical (unpaired) electrons. The van der Waals surface area contributed by atoms with Crippen molar-refractivity contribution < 1.29 is 9.13 Å². The molecule has 3 nitrogen and oxygen atoms in total. The van der Waals surface area contributed by atoms with Gasteiger partial charge in [0.15, 0.2) is 0 Å². The topological polar surface area (TPSA) is 27.1 Å². The summed E-state index contributed by atoms with van der Waals surface area (Å²) in [5.74, 6) is -0.318. The molecule has 2 aromatic rings. The van der Waals surface area contributed by atoms with Gasteiger partial charge in [-0.2, -0.15) is 5.10 Å². The number of benzene rings is 1. The molecule has 1 aromatic heterocycles. The van der Waals surface area contributed by atoms with E-state index in [-0.39, 0.29) is 5.82 Å². The van der Waals surface area contributed by atoms with E-state index in [0.717, 1.165) is 6.04 Å². The maximum absolute atomic E-state index is 14.0. The van der Waals surface area contributed by atoms with Gasteiger partial charge in [0.25, 0.3) is 0 Å². The zero-order chi connectivity index (χ0) is 14.9. The summed E-state index contributed by atoms with van der Waals surface area (Å²) in [6, 6.07) is 2.83. The molecule has 110 valence electrons. The number of hydrogen-bond donors (Lipinski definition) is 0. The molecule has 2 rings (SSSR count). The zero-order valence-electron chi connectivity index (χ0n) is 11.7. The van der Waals surface area contributed by atoms with Crippen LogP contribution in [0.2, 0.25) is 30.7 Å². The van der Waals surface area contributed by atoms with Crippen molar-refractivity contribution in [3.8, 4) is 0 Å². The Balaban J connectivity index is 2.12. The Labute approximate surface area is 137 Å². The molecule has 1 aromatic carbocycles. The Morgan fingerprint density at radius 1 is 1.45 bits per heavy atom. The summed E-state index contributed by atoms with van der Waals surface area (Å²) in [6.07, 6.45) is 1.52. The molecule has 0 atom stereocenters. The van der Waals surface area contributed by atoms with Gasteiger partial charge < -0.3 is 4.74 Å². The highest BCUT2D eigenvalue weighted by Gasteiger charge is 2.15. The van der Waals surface area contributed by atoms with Gasteiger partial charge in [0.05, 0.1) is 25.7 Å². The maximum atomic E-state index is 14.0. The van der Waals surface area contributed by atoms with Gasteiger partial charge in [-0.25, -0.2) is 9.07 Å². The molecule has 0 bridgehead atoms. The van der Waals surface area contributed by atoms with Crippen LogP contribution in [0.25, 0.3) is 10.9 Å². The second-order valence-electron chi connectivity index (χ2n) is 5.91. The van der Waals surface area contributed by atoms with E-state index >= 15 is 0 Å². The van der Waals surface area contributed by atoms with Gasteiger partial charge in [0.1, 0.15) is 12.5 Å². The summed E-state index contributed by atoms with van der Waals surface area (Å²) in [5.41, 5.74) is 0.668. The van der Waals surface area contributed by atoms with Crippen molar-refractivity contribution >= 4 is 53.2 Å². The molecule has 0 aliphatic carbocycles. The average Bonchev–Trinajstić information content (AvgIpc) is 2.74. The van der Waals surface area contributed by atoms with Crippen molar-refractivity contribution in [3.05, 3.63) is 26.7 Å². The van der Waals surface area contributed by atoms with Crippen LogP contribution in [0, 0.1) is 9.39 Å². The molecule has 0 saturated carbocycles. The SMILES string of the molecule is C[Si](C)(C)CCOCn1ncc2c(F)c(I)c(Cl)cc21. The third-order valence-corrected chi connectivity index (χ3v) is 6.37. The van der Waals surface area contributed by atoms with Gasteiger partial charge in [0.2, 0.25) is 0 Å². The molecule has 0 unspecified atom stereocenters. The van der Waals surface area contributed by atoms with Gasteiger partial charge in [-0.3, -0.25) is 0 Å². The predicted octanol–water partition coefficient (Wildman–Crippen LogP) is 4.75. The summed E-state index contributed by atoms with van der Waals surface area (Å²) in [6.45, 7) is 7.94. The Hall–Kier alpha value is -0.183. The monoisotopic (exact) mass is 426 g/mol. The van der Waals surface area contributed by atoms with Crippen molar-refractivity contribution in [2.24, 2.45) is 0 Å². The summed E-state index contributed by atoms with van der Waals surface area (Å²) in [5, 5.41) is 5.05. The minimum atomic E-state index is -1.10. The Bertz CT molecular complexity index is 627. The minimum absolute atomic E-state index is 0.318. The van der Waals surface area contributed by atoms with Crippen molar-refractivity contribution in [1.29, 1.82) is 0 Å². The summed E-state index contributed by atoms with van der Waals surface area (Å²) in [4.78, 5) is 0. The fourth-order valence-corrected chi connectivity index (χ4v) is 3.14. The molecule has 20 heavy (non-hydrogen) atoms. The minimum Gasteiger partial charge on any atom is -0.360 e. The number of fused-ring (bicyclic) bond motifs is 1. The lowest BCUT2D eigenvalue weighted by Crippen LogP contribution is -2.22. The second kappa shape index (κ2) is 6.29. The first-order valence-electron chi connectivity index (χ1n) is 6.36. The Kier molecular flexibility index (Phi) is 5.09. The second-order valence-corrected chi connectivity index (χ2v) is 13.0. The van der Waals surface area contributed by atoms with Gasteiger partial charge in [-0.1, -0.05) is 31.2 Å². The van der Waals surface area contributed by atoms with Gasteiger partial charge in [-0.05, 0) is 34.7 Å². The zero-order valence-corrected chi connectivity index (χ0v) is 15.6. The Morgan fingerprint density at radius 3 is 2.80 bits per heavy atom. The largest absolute Gasteiger partial charge is 0.360 e. The Morgan fingerprint density at radius 2 is 2.15 bits per heavy atom. The quantitative estimate of drug-likeness (QED) is 0.299. The molecule has 0 aliphatic rings. The van der Waals surface area contributed by atoms with Crippen molar-refractivity contribution in [2.45, 2.75) is 32.4 Å². The molecular weight excluding hydrogens is 410 g/mol. The number of rotatable bonds is 5. The first-order valence-corrected chi connectivity index (χ1v) is 11.5. The molecule has 1 heterocycles. The molecule has 0 amide bonds.